The molecule has 0 saturated carbocycles. The summed E-state index contributed by atoms with van der Waals surface area (Å²) in [6.07, 6.45) is 1.69. The summed E-state index contributed by atoms with van der Waals surface area (Å²) in [6, 6.07) is 6.21. The number of hydrogen-bond acceptors (Lipinski definition) is 8. The number of carbonyl (C=O) groups is 2. The van der Waals surface area contributed by atoms with Crippen LogP contribution in [0.2, 0.25) is 0 Å². The summed E-state index contributed by atoms with van der Waals surface area (Å²) in [6.45, 7) is 1.93. The van der Waals surface area contributed by atoms with Gasteiger partial charge in [0.15, 0.2) is 11.7 Å². The minimum Gasteiger partial charge on any atom is -0.461 e. The van der Waals surface area contributed by atoms with E-state index < -0.39 is 17.8 Å². The molecule has 0 aliphatic carbocycles. The van der Waals surface area contributed by atoms with Crippen LogP contribution in [0.25, 0.3) is 11.3 Å². The van der Waals surface area contributed by atoms with Crippen molar-refractivity contribution in [1.82, 2.24) is 9.97 Å². The Hall–Kier alpha value is -3.07. The van der Waals surface area contributed by atoms with E-state index in [9.17, 15) is 14.0 Å². The first-order chi connectivity index (χ1) is 13.6. The van der Waals surface area contributed by atoms with Crippen molar-refractivity contribution in [3.63, 3.8) is 0 Å². The van der Waals surface area contributed by atoms with Gasteiger partial charge in [0.05, 0.1) is 30.5 Å². The summed E-state index contributed by atoms with van der Waals surface area (Å²) in [5, 5.41) is 1.85. The molecule has 3 rings (SSSR count). The third-order valence-corrected chi connectivity index (χ3v) is 4.49. The Kier molecular flexibility index (Phi) is 6.49. The second-order valence-corrected chi connectivity index (χ2v) is 6.48. The summed E-state index contributed by atoms with van der Waals surface area (Å²) in [7, 11) is 0. The van der Waals surface area contributed by atoms with Gasteiger partial charge in [-0.2, -0.15) is 0 Å². The van der Waals surface area contributed by atoms with E-state index in [1.165, 1.54) is 12.3 Å². The lowest BCUT2D eigenvalue weighted by Gasteiger charge is -2.02. The fraction of sp³-hybridized carbons (Fsp3) is 0.263. The number of aryl methyl sites for hydroxylation is 1. The van der Waals surface area contributed by atoms with E-state index in [0.29, 0.717) is 22.9 Å². The molecule has 2 heterocycles. The van der Waals surface area contributed by atoms with Crippen LogP contribution in [0.1, 0.15) is 34.7 Å². The van der Waals surface area contributed by atoms with Crippen LogP contribution in [-0.4, -0.2) is 28.5 Å². The van der Waals surface area contributed by atoms with Gasteiger partial charge in [-0.3, -0.25) is 4.79 Å². The predicted octanol–water partition coefficient (Wildman–Crippen LogP) is 3.79. The Balaban J connectivity index is 1.47. The lowest BCUT2D eigenvalue weighted by molar-refractivity contribution is -0.145. The second-order valence-electron chi connectivity index (χ2n) is 5.62. The van der Waals surface area contributed by atoms with Crippen LogP contribution >= 0.6 is 11.3 Å². The number of hydrogen-bond donors (Lipinski definition) is 0. The molecule has 0 bridgehead atoms. The molecule has 0 aliphatic heterocycles. The predicted molar refractivity (Wildman–Crippen MR) is 98.1 cm³/mol. The number of thiazole rings is 1. The number of halogens is 1. The minimum absolute atomic E-state index is 0.0409. The number of rotatable bonds is 8. The largest absolute Gasteiger partial charge is 0.461 e. The molecule has 0 atom stereocenters. The van der Waals surface area contributed by atoms with Gasteiger partial charge in [0.1, 0.15) is 12.4 Å². The maximum atomic E-state index is 13.8. The van der Waals surface area contributed by atoms with Crippen molar-refractivity contribution >= 4 is 23.3 Å². The molecule has 0 amide bonds. The van der Waals surface area contributed by atoms with Gasteiger partial charge in [-0.25, -0.2) is 19.2 Å². The highest BCUT2D eigenvalue weighted by molar-refractivity contribution is 7.11. The first-order valence-corrected chi connectivity index (χ1v) is 9.41. The molecule has 28 heavy (non-hydrogen) atoms. The first-order valence-electron chi connectivity index (χ1n) is 8.53. The standard InChI is InChI=1S/C19H17FN2O5S/c1-2-25-19(24)18-22-12(11-28-18)10-26-17(23)8-7-16-21-9-15(27-16)13-5-3-4-6-14(13)20/h3-6,9,11H,2,7-8,10H2,1H3. The smallest absolute Gasteiger partial charge is 0.367 e. The highest BCUT2D eigenvalue weighted by Crippen LogP contribution is 2.23. The van der Waals surface area contributed by atoms with Crippen molar-refractivity contribution in [3.8, 4) is 11.3 Å². The van der Waals surface area contributed by atoms with Crippen LogP contribution in [0.5, 0.6) is 0 Å². The number of aromatic nitrogens is 2. The van der Waals surface area contributed by atoms with Gasteiger partial charge in [-0.1, -0.05) is 12.1 Å². The van der Waals surface area contributed by atoms with E-state index in [1.54, 1.807) is 30.5 Å². The maximum Gasteiger partial charge on any atom is 0.367 e. The number of oxazole rings is 1. The molecule has 0 spiro atoms. The van der Waals surface area contributed by atoms with Crippen molar-refractivity contribution in [1.29, 1.82) is 0 Å². The summed E-state index contributed by atoms with van der Waals surface area (Å²) in [4.78, 5) is 31.6. The van der Waals surface area contributed by atoms with E-state index in [-0.39, 0.29) is 31.1 Å². The van der Waals surface area contributed by atoms with Gasteiger partial charge in [0, 0.05) is 11.8 Å². The Morgan fingerprint density at radius 1 is 1.25 bits per heavy atom. The minimum atomic E-state index is -0.500. The summed E-state index contributed by atoms with van der Waals surface area (Å²) in [5.74, 6) is -0.755. The van der Waals surface area contributed by atoms with Crippen molar-refractivity contribution in [3.05, 3.63) is 58.3 Å². The van der Waals surface area contributed by atoms with Gasteiger partial charge in [0.25, 0.3) is 0 Å². The summed E-state index contributed by atoms with van der Waals surface area (Å²) in [5.41, 5.74) is 0.782. The van der Waals surface area contributed by atoms with Crippen LogP contribution < -0.4 is 0 Å². The monoisotopic (exact) mass is 404 g/mol. The second kappa shape index (κ2) is 9.23. The molecular weight excluding hydrogens is 387 g/mol. The zero-order valence-electron chi connectivity index (χ0n) is 15.0. The molecule has 0 saturated heterocycles. The summed E-state index contributed by atoms with van der Waals surface area (Å²) < 4.78 is 29.2. The maximum absolute atomic E-state index is 13.8. The normalized spacial score (nSPS) is 10.6. The fourth-order valence-corrected chi connectivity index (χ4v) is 3.00. The number of benzene rings is 1. The lowest BCUT2D eigenvalue weighted by atomic mass is 10.2. The van der Waals surface area contributed by atoms with E-state index in [1.807, 2.05) is 0 Å². The summed E-state index contributed by atoms with van der Waals surface area (Å²) >= 11 is 1.13. The quantitative estimate of drug-likeness (QED) is 0.528. The SMILES string of the molecule is CCOC(=O)c1nc(COC(=O)CCc2ncc(-c3ccccc3F)o2)cs1. The van der Waals surface area contributed by atoms with Crippen molar-refractivity contribution in [2.75, 3.05) is 6.61 Å². The molecule has 0 aliphatic rings. The average molecular weight is 404 g/mol. The molecule has 1 aromatic carbocycles. The third kappa shape index (κ3) is 5.01. The number of nitrogens with zero attached hydrogens (tertiary/aromatic N) is 2. The topological polar surface area (TPSA) is 91.5 Å². The molecule has 7 nitrogen and oxygen atoms in total. The van der Waals surface area contributed by atoms with Gasteiger partial charge >= 0.3 is 11.9 Å². The number of carbonyl (C=O) groups excluding carboxylic acids is 2. The Bertz CT molecular complexity index is 969. The first kappa shape index (κ1) is 19.7. The Labute approximate surface area is 164 Å². The van der Waals surface area contributed by atoms with Gasteiger partial charge in [0.2, 0.25) is 5.01 Å². The number of esters is 2. The van der Waals surface area contributed by atoms with Crippen LogP contribution in [-0.2, 0) is 27.3 Å². The van der Waals surface area contributed by atoms with E-state index in [0.717, 1.165) is 11.3 Å². The van der Waals surface area contributed by atoms with Crippen LogP contribution in [0, 0.1) is 5.82 Å². The zero-order valence-corrected chi connectivity index (χ0v) is 15.8. The molecular formula is C19H17FN2O5S. The molecule has 0 unspecified atom stereocenters. The van der Waals surface area contributed by atoms with Crippen molar-refractivity contribution < 1.29 is 27.9 Å². The van der Waals surface area contributed by atoms with Crippen molar-refractivity contribution in [2.45, 2.75) is 26.4 Å². The molecule has 0 N–H and O–H groups in total. The van der Waals surface area contributed by atoms with Crippen LogP contribution in [0.3, 0.4) is 0 Å². The van der Waals surface area contributed by atoms with Gasteiger partial charge in [-0.15, -0.1) is 11.3 Å². The average Bonchev–Trinajstić information content (AvgIpc) is 3.35. The Morgan fingerprint density at radius 2 is 2.07 bits per heavy atom. The van der Waals surface area contributed by atoms with Gasteiger partial charge in [-0.05, 0) is 19.1 Å². The fourth-order valence-electron chi connectivity index (χ4n) is 2.31. The lowest BCUT2D eigenvalue weighted by Crippen LogP contribution is -2.07. The van der Waals surface area contributed by atoms with Crippen LogP contribution in [0.4, 0.5) is 4.39 Å². The van der Waals surface area contributed by atoms with Crippen molar-refractivity contribution in [2.24, 2.45) is 0 Å². The molecule has 0 fully saturated rings. The zero-order chi connectivity index (χ0) is 19.9. The third-order valence-electron chi connectivity index (χ3n) is 3.62. The number of ether oxygens (including phenoxy) is 2. The van der Waals surface area contributed by atoms with E-state index in [4.69, 9.17) is 13.9 Å². The molecule has 9 heteroatoms. The highest BCUT2D eigenvalue weighted by atomic mass is 32.1. The molecule has 0 radical (unpaired) electrons. The van der Waals surface area contributed by atoms with E-state index in [2.05, 4.69) is 9.97 Å². The highest BCUT2D eigenvalue weighted by Gasteiger charge is 2.15. The van der Waals surface area contributed by atoms with Crippen LogP contribution in [0.15, 0.2) is 40.3 Å². The molecule has 2 aromatic heterocycles. The molecule has 3 aromatic rings. The van der Waals surface area contributed by atoms with E-state index >= 15 is 0 Å². The molecule has 146 valence electrons. The van der Waals surface area contributed by atoms with Gasteiger partial charge < -0.3 is 13.9 Å². The Morgan fingerprint density at radius 3 is 2.86 bits per heavy atom.